The molecular weight excluding hydrogens is 386 g/mol. The topological polar surface area (TPSA) is 42.4 Å². The molecule has 0 bridgehead atoms. The van der Waals surface area contributed by atoms with Gasteiger partial charge in [-0.15, -0.1) is 0 Å². The van der Waals surface area contributed by atoms with Gasteiger partial charge in [-0.2, -0.15) is 0 Å². The summed E-state index contributed by atoms with van der Waals surface area (Å²) in [6.07, 6.45) is -0.0536. The number of rotatable bonds is 4. The third-order valence-electron chi connectivity index (χ3n) is 5.57. The van der Waals surface area contributed by atoms with E-state index in [1.165, 1.54) is 0 Å². The highest BCUT2D eigenvalue weighted by molar-refractivity contribution is 6.02. The minimum absolute atomic E-state index is 0.142. The maximum atomic E-state index is 13.9. The number of fused-ring (bicyclic) bond motifs is 1. The van der Waals surface area contributed by atoms with Crippen molar-refractivity contribution in [3.63, 3.8) is 0 Å². The molecule has 0 aliphatic carbocycles. The van der Waals surface area contributed by atoms with Crippen molar-refractivity contribution in [1.82, 2.24) is 4.98 Å². The number of hydrogen-bond acceptors (Lipinski definition) is 4. The number of esters is 1. The molecule has 156 valence electrons. The minimum Gasteiger partial charge on any atom is -0.457 e. The molecule has 0 N–H and O–H groups in total. The highest BCUT2D eigenvalue weighted by Crippen LogP contribution is 2.34. The largest absolute Gasteiger partial charge is 0.457 e. The van der Waals surface area contributed by atoms with E-state index in [4.69, 9.17) is 9.72 Å². The second-order valence-electron chi connectivity index (χ2n) is 7.71. The molecule has 0 radical (unpaired) electrons. The average Bonchev–Trinajstić information content (AvgIpc) is 2.93. The first-order valence-electron chi connectivity index (χ1n) is 10.2. The Morgan fingerprint density at radius 2 is 1.80 bits per heavy atom. The molecule has 1 fully saturated rings. The van der Waals surface area contributed by atoms with Gasteiger partial charge in [0.05, 0.1) is 5.52 Å². The molecule has 1 saturated heterocycles. The van der Waals surface area contributed by atoms with Gasteiger partial charge >= 0.3 is 5.97 Å². The van der Waals surface area contributed by atoms with E-state index in [2.05, 4.69) is 0 Å². The van der Waals surface area contributed by atoms with E-state index in [1.54, 1.807) is 4.90 Å². The van der Waals surface area contributed by atoms with Crippen LogP contribution in [0.1, 0.15) is 40.7 Å². The van der Waals surface area contributed by atoms with Crippen molar-refractivity contribution in [2.75, 3.05) is 18.0 Å². The Balaban J connectivity index is 1.71. The van der Waals surface area contributed by atoms with Crippen molar-refractivity contribution in [2.24, 2.45) is 0 Å². The quantitative estimate of drug-likeness (QED) is 0.531. The number of alkyl halides is 2. The number of ether oxygens (including phenoxy) is 1. The van der Waals surface area contributed by atoms with E-state index in [-0.39, 0.29) is 26.0 Å². The first kappa shape index (κ1) is 20.3. The molecule has 1 aliphatic heterocycles. The van der Waals surface area contributed by atoms with Crippen LogP contribution in [0.15, 0.2) is 54.6 Å². The first-order chi connectivity index (χ1) is 14.4. The Labute approximate surface area is 174 Å². The lowest BCUT2D eigenvalue weighted by Gasteiger charge is -2.25. The maximum Gasteiger partial charge on any atom is 0.342 e. The van der Waals surface area contributed by atoms with E-state index >= 15 is 0 Å². The Morgan fingerprint density at radius 3 is 2.60 bits per heavy atom. The Morgan fingerprint density at radius 1 is 1.07 bits per heavy atom. The van der Waals surface area contributed by atoms with Gasteiger partial charge in [-0.3, -0.25) is 0 Å². The third kappa shape index (κ3) is 4.27. The van der Waals surface area contributed by atoms with Crippen molar-refractivity contribution in [3.8, 4) is 0 Å². The summed E-state index contributed by atoms with van der Waals surface area (Å²) in [5.74, 6) is -2.74. The number of benzene rings is 2. The second-order valence-corrected chi connectivity index (χ2v) is 7.71. The van der Waals surface area contributed by atoms with Crippen LogP contribution in [0.3, 0.4) is 0 Å². The smallest absolute Gasteiger partial charge is 0.342 e. The van der Waals surface area contributed by atoms with Crippen molar-refractivity contribution in [2.45, 2.75) is 38.7 Å². The van der Waals surface area contributed by atoms with Gasteiger partial charge in [0.1, 0.15) is 18.0 Å². The predicted octanol–water partition coefficient (Wildman–Crippen LogP) is 5.53. The number of aromatic nitrogens is 1. The molecule has 1 aliphatic rings. The van der Waals surface area contributed by atoms with Crippen LogP contribution >= 0.6 is 0 Å². The normalized spacial score (nSPS) is 16.3. The molecule has 0 spiro atoms. The van der Waals surface area contributed by atoms with E-state index in [9.17, 15) is 13.6 Å². The van der Waals surface area contributed by atoms with Crippen LogP contribution in [0.25, 0.3) is 10.9 Å². The lowest BCUT2D eigenvalue weighted by atomic mass is 10.0. The fraction of sp³-hybridized carbons (Fsp3) is 0.333. The Bertz CT molecular complexity index is 1050. The highest BCUT2D eigenvalue weighted by Gasteiger charge is 2.33. The summed E-state index contributed by atoms with van der Waals surface area (Å²) in [4.78, 5) is 19.6. The van der Waals surface area contributed by atoms with Gasteiger partial charge in [-0.05, 0) is 30.5 Å². The number of carbonyl (C=O) groups excluding carboxylic acids is 1. The number of pyridine rings is 1. The fourth-order valence-corrected chi connectivity index (χ4v) is 3.90. The zero-order valence-electron chi connectivity index (χ0n) is 16.9. The summed E-state index contributed by atoms with van der Waals surface area (Å²) in [7, 11) is 0. The van der Waals surface area contributed by atoms with Crippen LogP contribution in [-0.4, -0.2) is 30.0 Å². The zero-order valence-corrected chi connectivity index (χ0v) is 16.9. The lowest BCUT2D eigenvalue weighted by molar-refractivity contribution is -0.0102. The zero-order chi connectivity index (χ0) is 21.1. The molecule has 2 aromatic carbocycles. The molecule has 1 aromatic heterocycles. The van der Waals surface area contributed by atoms with Gasteiger partial charge in [0.15, 0.2) is 0 Å². The van der Waals surface area contributed by atoms with Crippen molar-refractivity contribution < 1.29 is 18.3 Å². The van der Waals surface area contributed by atoms with Crippen LogP contribution in [0.5, 0.6) is 0 Å². The first-order valence-corrected chi connectivity index (χ1v) is 10.2. The number of para-hydroxylation sites is 1. The highest BCUT2D eigenvalue weighted by atomic mass is 19.3. The monoisotopic (exact) mass is 410 g/mol. The number of halogens is 2. The second kappa shape index (κ2) is 8.38. The summed E-state index contributed by atoms with van der Waals surface area (Å²) in [5.41, 5.74) is 2.73. The van der Waals surface area contributed by atoms with Gasteiger partial charge in [-0.25, -0.2) is 18.6 Å². The molecule has 3 aromatic rings. The molecule has 0 amide bonds. The maximum absolute atomic E-state index is 13.9. The standard InChI is InChI=1S/C24H24F2N2O2/c1-17-19-10-5-6-11-20(19)27-22(28-14-7-12-24(25,26)13-15-28)21(17)23(29)30-16-18-8-3-2-4-9-18/h2-6,8-11H,7,12-16H2,1H3. The number of carbonyl (C=O) groups is 1. The summed E-state index contributed by atoms with van der Waals surface area (Å²) >= 11 is 0. The Hall–Kier alpha value is -3.02. The van der Waals surface area contributed by atoms with Crippen LogP contribution in [-0.2, 0) is 11.3 Å². The van der Waals surface area contributed by atoms with Crippen molar-refractivity contribution in [3.05, 3.63) is 71.3 Å². The lowest BCUT2D eigenvalue weighted by Crippen LogP contribution is -2.29. The predicted molar refractivity (Wildman–Crippen MR) is 113 cm³/mol. The third-order valence-corrected chi connectivity index (χ3v) is 5.57. The SMILES string of the molecule is Cc1c(C(=O)OCc2ccccc2)c(N2CCCC(F)(F)CC2)nc2ccccc12. The molecule has 0 atom stereocenters. The van der Waals surface area contributed by atoms with E-state index in [1.807, 2.05) is 61.5 Å². The molecule has 30 heavy (non-hydrogen) atoms. The minimum atomic E-state index is -2.69. The number of anilines is 1. The van der Waals surface area contributed by atoms with Crippen molar-refractivity contribution >= 4 is 22.7 Å². The molecule has 0 saturated carbocycles. The molecule has 4 rings (SSSR count). The van der Waals surface area contributed by atoms with Crippen LogP contribution in [0.2, 0.25) is 0 Å². The molecule has 0 unspecified atom stereocenters. The fourth-order valence-electron chi connectivity index (χ4n) is 3.90. The van der Waals surface area contributed by atoms with E-state index < -0.39 is 11.9 Å². The van der Waals surface area contributed by atoms with Crippen LogP contribution in [0, 0.1) is 6.92 Å². The van der Waals surface area contributed by atoms with Gasteiger partial charge < -0.3 is 9.64 Å². The molecule has 4 nitrogen and oxygen atoms in total. The number of aryl methyl sites for hydroxylation is 1. The molecular formula is C24H24F2N2O2. The average molecular weight is 410 g/mol. The number of nitrogens with zero attached hydrogens (tertiary/aromatic N) is 2. The molecule has 2 heterocycles. The number of hydrogen-bond donors (Lipinski definition) is 0. The van der Waals surface area contributed by atoms with Gasteiger partial charge in [0.2, 0.25) is 5.92 Å². The van der Waals surface area contributed by atoms with Gasteiger partial charge in [0.25, 0.3) is 0 Å². The van der Waals surface area contributed by atoms with Crippen LogP contribution < -0.4 is 4.90 Å². The summed E-state index contributed by atoms with van der Waals surface area (Å²) in [5, 5.41) is 0.855. The Kier molecular flexibility index (Phi) is 5.66. The molecule has 6 heteroatoms. The summed E-state index contributed by atoms with van der Waals surface area (Å²) in [6, 6.07) is 17.0. The summed E-state index contributed by atoms with van der Waals surface area (Å²) < 4.78 is 33.4. The van der Waals surface area contributed by atoms with Gasteiger partial charge in [0, 0.05) is 31.3 Å². The van der Waals surface area contributed by atoms with E-state index in [0.29, 0.717) is 24.3 Å². The van der Waals surface area contributed by atoms with Gasteiger partial charge in [-0.1, -0.05) is 48.5 Å². The van der Waals surface area contributed by atoms with Crippen molar-refractivity contribution in [1.29, 1.82) is 0 Å². The van der Waals surface area contributed by atoms with Crippen LogP contribution in [0.4, 0.5) is 14.6 Å². The summed E-state index contributed by atoms with van der Waals surface area (Å²) in [6.45, 7) is 2.58. The van der Waals surface area contributed by atoms with E-state index in [0.717, 1.165) is 22.0 Å².